The molecule has 3 N–H and O–H groups in total. The Bertz CT molecular complexity index is 1290. The maximum absolute atomic E-state index is 13.7. The Morgan fingerprint density at radius 3 is 2.62 bits per heavy atom. The average molecular weight is 425 g/mol. The smallest absolute Gasteiger partial charge is 0.246 e. The van der Waals surface area contributed by atoms with E-state index in [4.69, 9.17) is 5.73 Å². The third-order valence-corrected chi connectivity index (χ3v) is 6.33. The van der Waals surface area contributed by atoms with Crippen LogP contribution in [0.4, 0.5) is 0 Å². The maximum atomic E-state index is 13.7. The molecule has 32 heavy (non-hydrogen) atoms. The molecule has 5 rings (SSSR count). The van der Waals surface area contributed by atoms with Crippen LogP contribution in [0.5, 0.6) is 0 Å². The zero-order valence-electron chi connectivity index (χ0n) is 17.4. The first kappa shape index (κ1) is 20.1. The summed E-state index contributed by atoms with van der Waals surface area (Å²) >= 11 is 0. The van der Waals surface area contributed by atoms with E-state index in [1.54, 1.807) is 30.9 Å². The largest absolute Gasteiger partial charge is 0.368 e. The van der Waals surface area contributed by atoms with E-state index in [1.807, 2.05) is 53.1 Å². The molecule has 0 saturated carbocycles. The Balaban J connectivity index is 1.51. The van der Waals surface area contributed by atoms with Gasteiger partial charge in [0.15, 0.2) is 11.3 Å². The lowest BCUT2D eigenvalue weighted by Crippen LogP contribution is -2.61. The van der Waals surface area contributed by atoms with E-state index >= 15 is 0 Å². The molecule has 0 bridgehead atoms. The number of imidazole rings is 1. The van der Waals surface area contributed by atoms with E-state index in [-0.39, 0.29) is 11.7 Å². The van der Waals surface area contributed by atoms with Crippen LogP contribution in [0.2, 0.25) is 0 Å². The summed E-state index contributed by atoms with van der Waals surface area (Å²) < 4.78 is 1.93. The molecule has 4 aromatic rings. The summed E-state index contributed by atoms with van der Waals surface area (Å²) in [6.07, 6.45) is 6.44. The summed E-state index contributed by atoms with van der Waals surface area (Å²) in [4.78, 5) is 35.0. The molecule has 3 heterocycles. The number of rotatable bonds is 6. The molecule has 0 radical (unpaired) electrons. The molecule has 7 heteroatoms. The number of nitrogens with two attached hydrogens (primary N) is 1. The minimum atomic E-state index is -1.43. The molecular formula is C25H23N5O2. The number of hydrogen-bond donors (Lipinski definition) is 2. The van der Waals surface area contributed by atoms with Crippen molar-refractivity contribution in [2.75, 3.05) is 6.54 Å². The van der Waals surface area contributed by atoms with Crippen LogP contribution in [0.15, 0.2) is 79.4 Å². The highest BCUT2D eigenvalue weighted by Gasteiger charge is 2.53. The maximum Gasteiger partial charge on any atom is 0.246 e. The second kappa shape index (κ2) is 8.01. The molecule has 1 saturated heterocycles. The Labute approximate surface area is 185 Å². The van der Waals surface area contributed by atoms with Gasteiger partial charge in [-0.1, -0.05) is 30.3 Å². The first-order valence-electron chi connectivity index (χ1n) is 10.6. The van der Waals surface area contributed by atoms with Gasteiger partial charge in [-0.15, -0.1) is 0 Å². The molecule has 0 aliphatic carbocycles. The number of carbonyl (C=O) groups is 2. The van der Waals surface area contributed by atoms with Gasteiger partial charge in [0.25, 0.3) is 0 Å². The first-order chi connectivity index (χ1) is 15.6. The van der Waals surface area contributed by atoms with E-state index in [0.717, 1.165) is 16.8 Å². The summed E-state index contributed by atoms with van der Waals surface area (Å²) in [7, 11) is 0. The van der Waals surface area contributed by atoms with Gasteiger partial charge in [-0.05, 0) is 61.2 Å². The van der Waals surface area contributed by atoms with Gasteiger partial charge in [0, 0.05) is 18.0 Å². The number of nitrogens with one attached hydrogen (secondary N) is 1. The summed E-state index contributed by atoms with van der Waals surface area (Å²) in [5.41, 5.74) is 8.38. The molecule has 7 nitrogen and oxygen atoms in total. The van der Waals surface area contributed by atoms with Gasteiger partial charge >= 0.3 is 0 Å². The van der Waals surface area contributed by atoms with E-state index in [1.165, 1.54) is 0 Å². The summed E-state index contributed by atoms with van der Waals surface area (Å²) in [5, 5.41) is 3.16. The van der Waals surface area contributed by atoms with Crippen LogP contribution in [0.1, 0.15) is 22.3 Å². The quantitative estimate of drug-likeness (QED) is 0.365. The van der Waals surface area contributed by atoms with Crippen LogP contribution in [0.25, 0.3) is 16.7 Å². The Morgan fingerprint density at radius 1 is 1.09 bits per heavy atom. The van der Waals surface area contributed by atoms with Gasteiger partial charge in [-0.25, -0.2) is 4.98 Å². The highest BCUT2D eigenvalue weighted by molar-refractivity contribution is 6.18. The van der Waals surface area contributed by atoms with Crippen LogP contribution in [0.3, 0.4) is 0 Å². The third kappa shape index (κ3) is 3.27. The molecule has 1 aliphatic heterocycles. The fourth-order valence-corrected chi connectivity index (χ4v) is 4.72. The average Bonchev–Trinajstić information content (AvgIpc) is 3.44. The van der Waals surface area contributed by atoms with Crippen molar-refractivity contribution >= 4 is 22.7 Å². The second-order valence-electron chi connectivity index (χ2n) is 8.13. The number of aromatic nitrogens is 3. The molecule has 1 aliphatic rings. The summed E-state index contributed by atoms with van der Waals surface area (Å²) in [5.74, 6) is -1.16. The molecule has 0 spiro atoms. The lowest BCUT2D eigenvalue weighted by Gasteiger charge is -2.31. The minimum Gasteiger partial charge on any atom is -0.368 e. The highest BCUT2D eigenvalue weighted by Crippen LogP contribution is 2.34. The number of pyridine rings is 1. The fourth-order valence-electron chi connectivity index (χ4n) is 4.72. The number of carbonyl (C=O) groups excluding carboxylic acids is 2. The highest BCUT2D eigenvalue weighted by atomic mass is 16.2. The van der Waals surface area contributed by atoms with Crippen LogP contribution in [-0.2, 0) is 11.2 Å². The van der Waals surface area contributed by atoms with Gasteiger partial charge in [-0.2, -0.15) is 0 Å². The molecular weight excluding hydrogens is 402 g/mol. The van der Waals surface area contributed by atoms with Crippen molar-refractivity contribution in [1.29, 1.82) is 0 Å². The van der Waals surface area contributed by atoms with Crippen LogP contribution in [-0.4, -0.2) is 38.3 Å². The Morgan fingerprint density at radius 2 is 1.88 bits per heavy atom. The predicted molar refractivity (Wildman–Crippen MR) is 121 cm³/mol. The van der Waals surface area contributed by atoms with E-state index in [2.05, 4.69) is 15.3 Å². The van der Waals surface area contributed by atoms with Gasteiger partial charge in [0.05, 0.1) is 16.7 Å². The van der Waals surface area contributed by atoms with Crippen LogP contribution < -0.4 is 11.1 Å². The van der Waals surface area contributed by atoms with Crippen molar-refractivity contribution in [2.24, 2.45) is 11.7 Å². The number of amides is 1. The number of ketones is 1. The van der Waals surface area contributed by atoms with Crippen molar-refractivity contribution < 1.29 is 9.59 Å². The first-order valence-corrected chi connectivity index (χ1v) is 10.6. The van der Waals surface area contributed by atoms with E-state index in [0.29, 0.717) is 30.5 Å². The molecule has 160 valence electrons. The number of hydrogen-bond acceptors (Lipinski definition) is 5. The van der Waals surface area contributed by atoms with Gasteiger partial charge in [0.2, 0.25) is 5.91 Å². The third-order valence-electron chi connectivity index (χ3n) is 6.33. The lowest BCUT2D eigenvalue weighted by atomic mass is 9.75. The van der Waals surface area contributed by atoms with Crippen molar-refractivity contribution in [2.45, 2.75) is 18.4 Å². The van der Waals surface area contributed by atoms with Crippen molar-refractivity contribution in [1.82, 2.24) is 19.9 Å². The molecule has 2 atom stereocenters. The van der Waals surface area contributed by atoms with Crippen LogP contribution in [0, 0.1) is 5.92 Å². The topological polar surface area (TPSA) is 103 Å². The van der Waals surface area contributed by atoms with Gasteiger partial charge < -0.3 is 5.73 Å². The van der Waals surface area contributed by atoms with E-state index in [9.17, 15) is 9.59 Å². The molecule has 1 fully saturated rings. The van der Waals surface area contributed by atoms with Crippen molar-refractivity contribution in [3.63, 3.8) is 0 Å². The zero-order valence-corrected chi connectivity index (χ0v) is 17.4. The standard InChI is InChI=1S/C25H23N5O2/c26-24(32)25(19(8-13-29-25)14-17-4-2-1-3-5-17)23(31)18-6-7-22-21(15-18)28-16-30(22)20-9-11-27-12-10-20/h1-7,9-12,15-16,19,29H,8,13-14H2,(H2,26,32). The fraction of sp³-hybridized carbons (Fsp3) is 0.200. The molecule has 2 aromatic heterocycles. The number of fused-ring (bicyclic) bond motifs is 1. The Kier molecular flexibility index (Phi) is 5.03. The lowest BCUT2D eigenvalue weighted by molar-refractivity contribution is -0.123. The molecule has 1 amide bonds. The SMILES string of the molecule is NC(=O)C1(C(=O)c2ccc3c(c2)ncn3-c2ccncc2)NCCC1Cc1ccccc1. The van der Waals surface area contributed by atoms with E-state index < -0.39 is 11.4 Å². The minimum absolute atomic E-state index is 0.222. The summed E-state index contributed by atoms with van der Waals surface area (Å²) in [6.45, 7) is 0.561. The summed E-state index contributed by atoms with van der Waals surface area (Å²) in [6, 6.07) is 19.0. The number of benzene rings is 2. The van der Waals surface area contributed by atoms with Gasteiger partial charge in [0.1, 0.15) is 6.33 Å². The zero-order chi connectivity index (χ0) is 22.1. The predicted octanol–water partition coefficient (Wildman–Crippen LogP) is 2.68. The number of nitrogens with zero attached hydrogens (tertiary/aromatic N) is 3. The van der Waals surface area contributed by atoms with Gasteiger partial charge in [-0.3, -0.25) is 24.5 Å². The monoisotopic (exact) mass is 425 g/mol. The second-order valence-corrected chi connectivity index (χ2v) is 8.13. The number of Topliss-reactive ketones (excluding diaryl/α,β-unsaturated/α-hetero) is 1. The Hall–Kier alpha value is -3.84. The van der Waals surface area contributed by atoms with Crippen molar-refractivity contribution in [3.8, 4) is 5.69 Å². The molecule has 2 unspecified atom stereocenters. The van der Waals surface area contributed by atoms with Crippen LogP contribution >= 0.6 is 0 Å². The number of primary amides is 1. The normalized spacial score (nSPS) is 20.4. The van der Waals surface area contributed by atoms with Crippen molar-refractivity contribution in [3.05, 3.63) is 90.5 Å². The molecule has 2 aromatic carbocycles.